The highest BCUT2D eigenvalue weighted by Gasteiger charge is 2.16. The Kier molecular flexibility index (Phi) is 7.67. The molecule has 4 N–H and O–H groups in total. The zero-order valence-corrected chi connectivity index (χ0v) is 21.5. The number of anilines is 2. The van der Waals surface area contributed by atoms with Gasteiger partial charge in [-0.05, 0) is 67.1 Å². The molecule has 1 amide bonds. The smallest absolute Gasteiger partial charge is 0.255 e. The molecule has 5 rings (SSSR count). The first-order valence-corrected chi connectivity index (χ1v) is 12.8. The molecule has 8 heteroatoms. The van der Waals surface area contributed by atoms with Gasteiger partial charge in [-0.15, -0.1) is 0 Å². The Labute approximate surface area is 218 Å². The van der Waals surface area contributed by atoms with E-state index in [0.29, 0.717) is 12.1 Å². The maximum absolute atomic E-state index is 13.0. The normalized spacial score (nSPS) is 21.8. The summed E-state index contributed by atoms with van der Waals surface area (Å²) < 4.78 is 0. The maximum Gasteiger partial charge on any atom is 0.255 e. The van der Waals surface area contributed by atoms with Crippen LogP contribution in [0.2, 0.25) is 0 Å². The van der Waals surface area contributed by atoms with Crippen molar-refractivity contribution in [3.63, 3.8) is 0 Å². The number of rotatable bonds is 6. The fourth-order valence-corrected chi connectivity index (χ4v) is 4.59. The van der Waals surface area contributed by atoms with Crippen molar-refractivity contribution in [2.45, 2.75) is 19.8 Å². The van der Waals surface area contributed by atoms with Gasteiger partial charge in [0.2, 0.25) is 0 Å². The van der Waals surface area contributed by atoms with E-state index in [-0.39, 0.29) is 12.2 Å². The lowest BCUT2D eigenvalue weighted by atomic mass is 10.1. The topological polar surface area (TPSA) is 84.0 Å². The summed E-state index contributed by atoms with van der Waals surface area (Å²) in [7, 11) is 2.17. The van der Waals surface area contributed by atoms with Crippen LogP contribution >= 0.6 is 0 Å². The van der Waals surface area contributed by atoms with Gasteiger partial charge < -0.3 is 26.2 Å². The molecular weight excluding hydrogens is 462 g/mol. The molecule has 0 spiro atoms. The average Bonchev–Trinajstić information content (AvgIpc) is 2.93. The summed E-state index contributed by atoms with van der Waals surface area (Å²) in [5.41, 5.74) is 6.81. The van der Waals surface area contributed by atoms with Crippen molar-refractivity contribution in [2.24, 2.45) is 4.99 Å². The number of amides is 1. The average molecular weight is 498 g/mol. The molecule has 3 aliphatic rings. The summed E-state index contributed by atoms with van der Waals surface area (Å²) in [5, 5.41) is 13.3. The molecule has 0 aliphatic carbocycles. The number of allylic oxidation sites excluding steroid dienone is 2. The Morgan fingerprint density at radius 3 is 2.65 bits per heavy atom. The molecule has 37 heavy (non-hydrogen) atoms. The van der Waals surface area contributed by atoms with Crippen molar-refractivity contribution in [1.29, 1.82) is 0 Å². The number of aliphatic imine (C=N–C) groups is 1. The van der Waals surface area contributed by atoms with Crippen LogP contribution in [0.3, 0.4) is 0 Å². The molecule has 3 heterocycles. The van der Waals surface area contributed by atoms with Crippen molar-refractivity contribution in [3.8, 4) is 0 Å². The molecule has 1 fully saturated rings. The first-order chi connectivity index (χ1) is 18.0. The molecule has 0 bridgehead atoms. The number of dihydropyridines is 1. The molecule has 0 aromatic heterocycles. The van der Waals surface area contributed by atoms with Crippen LogP contribution in [0.15, 0.2) is 83.2 Å². The van der Waals surface area contributed by atoms with Crippen molar-refractivity contribution in [1.82, 2.24) is 20.4 Å². The molecule has 0 saturated carbocycles. The number of likely N-dealkylation sites (N-methyl/N-ethyl adjacent to an activating group) is 1. The van der Waals surface area contributed by atoms with Gasteiger partial charge in [-0.3, -0.25) is 14.7 Å². The molecule has 2 aromatic carbocycles. The predicted molar refractivity (Wildman–Crippen MR) is 151 cm³/mol. The number of benzene rings is 2. The number of hydrogen-bond donors (Lipinski definition) is 4. The van der Waals surface area contributed by atoms with Crippen molar-refractivity contribution >= 4 is 23.5 Å². The van der Waals surface area contributed by atoms with Crippen molar-refractivity contribution in [2.75, 3.05) is 50.4 Å². The minimum Gasteiger partial charge on any atom is -0.355 e. The fourth-order valence-electron chi connectivity index (χ4n) is 4.59. The Morgan fingerprint density at radius 2 is 1.89 bits per heavy atom. The quantitative estimate of drug-likeness (QED) is 0.490. The predicted octanol–water partition coefficient (Wildman–Crippen LogP) is 3.29. The van der Waals surface area contributed by atoms with Crippen LogP contribution in [0.4, 0.5) is 11.4 Å². The lowest BCUT2D eigenvalue weighted by molar-refractivity contribution is 0.102. The zero-order valence-electron chi connectivity index (χ0n) is 21.5. The number of carbonyl (C=O) groups is 1. The SMILES string of the molecule is Cc1ccc(NC(=O)c2ccc(CN3CCN(C)CC3)cc2)cc1NC1NC=CC(=C2C=CC=NC2)N1. The van der Waals surface area contributed by atoms with Crippen molar-refractivity contribution < 1.29 is 4.79 Å². The third-order valence-corrected chi connectivity index (χ3v) is 6.92. The highest BCUT2D eigenvalue weighted by atomic mass is 16.1. The molecule has 8 nitrogen and oxygen atoms in total. The highest BCUT2D eigenvalue weighted by Crippen LogP contribution is 2.22. The summed E-state index contributed by atoms with van der Waals surface area (Å²) in [4.78, 5) is 22.1. The molecule has 0 radical (unpaired) electrons. The standard InChI is InChI=1S/C29H35N7O/c1-21-5-10-25(18-27(21)34-29-31-13-11-26(33-29)24-4-3-12-30-19-24)32-28(37)23-8-6-22(7-9-23)20-36-16-14-35(2)15-17-36/h3-13,18,29,31,33-34H,14-17,19-20H2,1-2H3,(H,32,37). The van der Waals surface area contributed by atoms with E-state index >= 15 is 0 Å². The van der Waals surface area contributed by atoms with E-state index in [1.165, 1.54) is 5.56 Å². The lowest BCUT2D eigenvalue weighted by Gasteiger charge is -2.32. The van der Waals surface area contributed by atoms with Crippen molar-refractivity contribution in [3.05, 3.63) is 94.9 Å². The van der Waals surface area contributed by atoms with Gasteiger partial charge in [0, 0.05) is 67.8 Å². The van der Waals surface area contributed by atoms with Gasteiger partial charge >= 0.3 is 0 Å². The Bertz CT molecular complexity index is 1240. The largest absolute Gasteiger partial charge is 0.355 e. The van der Waals surface area contributed by atoms with Gasteiger partial charge in [-0.2, -0.15) is 0 Å². The second kappa shape index (κ2) is 11.5. The Morgan fingerprint density at radius 1 is 1.08 bits per heavy atom. The summed E-state index contributed by atoms with van der Waals surface area (Å²) in [6.45, 7) is 7.98. The summed E-state index contributed by atoms with van der Waals surface area (Å²) in [6, 6.07) is 13.8. The second-order valence-electron chi connectivity index (χ2n) is 9.77. The van der Waals surface area contributed by atoms with Crippen LogP contribution < -0.4 is 21.3 Å². The molecule has 192 valence electrons. The van der Waals surface area contributed by atoms with Gasteiger partial charge in [-0.1, -0.05) is 24.3 Å². The van der Waals surface area contributed by atoms with E-state index in [1.54, 1.807) is 0 Å². The van der Waals surface area contributed by atoms with E-state index < -0.39 is 0 Å². The Balaban J connectivity index is 1.19. The van der Waals surface area contributed by atoms with Gasteiger partial charge in [0.1, 0.15) is 0 Å². The summed E-state index contributed by atoms with van der Waals surface area (Å²) >= 11 is 0. The number of nitrogens with one attached hydrogen (secondary N) is 4. The van der Waals surface area contributed by atoms with Crippen LogP contribution in [0.1, 0.15) is 21.5 Å². The van der Waals surface area contributed by atoms with E-state index in [4.69, 9.17) is 0 Å². The van der Waals surface area contributed by atoms with Crippen LogP contribution in [-0.2, 0) is 6.54 Å². The first kappa shape index (κ1) is 24.8. The summed E-state index contributed by atoms with van der Waals surface area (Å²) in [6.07, 6.45) is 9.59. The summed E-state index contributed by atoms with van der Waals surface area (Å²) in [5.74, 6) is -0.116. The third-order valence-electron chi connectivity index (χ3n) is 6.92. The number of carbonyl (C=O) groups excluding carboxylic acids is 1. The molecule has 2 aromatic rings. The number of nitrogens with zero attached hydrogens (tertiary/aromatic N) is 3. The van der Waals surface area contributed by atoms with E-state index in [2.05, 4.69) is 61.3 Å². The molecule has 1 saturated heterocycles. The fraction of sp³-hybridized carbons (Fsp3) is 0.310. The molecular formula is C29H35N7O. The Hall–Kier alpha value is -3.88. The molecule has 3 aliphatic heterocycles. The minimum atomic E-state index is -0.190. The molecule has 1 unspecified atom stereocenters. The van der Waals surface area contributed by atoms with Gasteiger partial charge in [-0.25, -0.2) is 0 Å². The highest BCUT2D eigenvalue weighted by molar-refractivity contribution is 6.04. The van der Waals surface area contributed by atoms with Gasteiger partial charge in [0.15, 0.2) is 6.29 Å². The van der Waals surface area contributed by atoms with Crippen LogP contribution in [0.5, 0.6) is 0 Å². The van der Waals surface area contributed by atoms with Crippen LogP contribution in [-0.4, -0.2) is 68.0 Å². The number of piperazine rings is 1. The number of hydrogen-bond acceptors (Lipinski definition) is 7. The van der Waals surface area contributed by atoms with Gasteiger partial charge in [0.25, 0.3) is 5.91 Å². The van der Waals surface area contributed by atoms with Gasteiger partial charge in [0.05, 0.1) is 6.54 Å². The number of aryl methyl sites for hydroxylation is 1. The maximum atomic E-state index is 13.0. The lowest BCUT2D eigenvalue weighted by Crippen LogP contribution is -2.48. The van der Waals surface area contributed by atoms with E-state index in [9.17, 15) is 4.79 Å². The second-order valence-corrected chi connectivity index (χ2v) is 9.77. The van der Waals surface area contributed by atoms with Crippen LogP contribution in [0.25, 0.3) is 0 Å². The zero-order chi connectivity index (χ0) is 25.6. The van der Waals surface area contributed by atoms with E-state index in [1.807, 2.05) is 61.8 Å². The monoisotopic (exact) mass is 497 g/mol. The minimum absolute atomic E-state index is 0.116. The molecule has 1 atom stereocenters. The third kappa shape index (κ3) is 6.47. The van der Waals surface area contributed by atoms with E-state index in [0.717, 1.165) is 60.9 Å². The first-order valence-electron chi connectivity index (χ1n) is 12.8. The van der Waals surface area contributed by atoms with Crippen LogP contribution in [0, 0.1) is 6.92 Å².